The van der Waals surface area contributed by atoms with E-state index in [0.717, 1.165) is 36.3 Å². The lowest BCUT2D eigenvalue weighted by molar-refractivity contribution is 0.318. The fourth-order valence-corrected chi connectivity index (χ4v) is 1.38. The van der Waals surface area contributed by atoms with Gasteiger partial charge in [-0.2, -0.15) is 0 Å². The summed E-state index contributed by atoms with van der Waals surface area (Å²) in [4.78, 5) is 0. The third kappa shape index (κ3) is 3.27. The molecule has 1 rings (SSSR count). The maximum atomic E-state index is 8.89. The summed E-state index contributed by atoms with van der Waals surface area (Å²) in [7, 11) is 1.63. The highest BCUT2D eigenvalue weighted by Crippen LogP contribution is 2.14. The van der Waals surface area contributed by atoms with Crippen LogP contribution in [0, 0.1) is 0 Å². The molecule has 0 unspecified atom stereocenters. The first kappa shape index (κ1) is 11.6. The molecule has 15 heavy (non-hydrogen) atoms. The van der Waals surface area contributed by atoms with Crippen molar-refractivity contribution >= 4 is 5.71 Å². The molecule has 0 aromatic heterocycles. The van der Waals surface area contributed by atoms with E-state index < -0.39 is 0 Å². The van der Waals surface area contributed by atoms with Crippen LogP contribution in [0.15, 0.2) is 29.4 Å². The van der Waals surface area contributed by atoms with Crippen molar-refractivity contribution in [2.75, 3.05) is 7.11 Å². The van der Waals surface area contributed by atoms with Gasteiger partial charge in [0, 0.05) is 0 Å². The van der Waals surface area contributed by atoms with Crippen molar-refractivity contribution in [1.29, 1.82) is 0 Å². The van der Waals surface area contributed by atoms with Crippen molar-refractivity contribution in [3.05, 3.63) is 29.8 Å². The van der Waals surface area contributed by atoms with E-state index in [2.05, 4.69) is 12.1 Å². The molecule has 0 saturated carbocycles. The summed E-state index contributed by atoms with van der Waals surface area (Å²) in [5.74, 6) is 0.812. The highest BCUT2D eigenvalue weighted by molar-refractivity contribution is 6.00. The molecule has 0 aliphatic heterocycles. The van der Waals surface area contributed by atoms with Crippen molar-refractivity contribution in [2.24, 2.45) is 5.16 Å². The minimum Gasteiger partial charge on any atom is -0.497 e. The maximum Gasteiger partial charge on any atom is 0.118 e. The predicted molar refractivity (Wildman–Crippen MR) is 60.8 cm³/mol. The van der Waals surface area contributed by atoms with E-state index >= 15 is 0 Å². The third-order valence-electron chi connectivity index (χ3n) is 2.31. The quantitative estimate of drug-likeness (QED) is 0.458. The third-order valence-corrected chi connectivity index (χ3v) is 2.31. The molecule has 1 N–H and O–H groups in total. The number of hydrogen-bond donors (Lipinski definition) is 1. The molecular weight excluding hydrogens is 190 g/mol. The van der Waals surface area contributed by atoms with Crippen LogP contribution >= 0.6 is 0 Å². The van der Waals surface area contributed by atoms with Crippen LogP contribution in [0.3, 0.4) is 0 Å². The maximum absolute atomic E-state index is 8.89. The molecule has 1 aromatic rings. The molecule has 1 aromatic carbocycles. The Morgan fingerprint density at radius 1 is 1.33 bits per heavy atom. The molecule has 0 aliphatic carbocycles. The minimum atomic E-state index is 0.736. The minimum absolute atomic E-state index is 0.736. The zero-order chi connectivity index (χ0) is 11.1. The number of ether oxygens (including phenoxy) is 1. The number of benzene rings is 1. The summed E-state index contributed by atoms with van der Waals surface area (Å²) in [5, 5.41) is 12.2. The van der Waals surface area contributed by atoms with Gasteiger partial charge in [-0.1, -0.05) is 18.5 Å². The predicted octanol–water partition coefficient (Wildman–Crippen LogP) is 3.06. The second-order valence-electron chi connectivity index (χ2n) is 3.38. The van der Waals surface area contributed by atoms with E-state index in [1.165, 1.54) is 0 Å². The molecule has 0 heterocycles. The van der Waals surface area contributed by atoms with Gasteiger partial charge in [-0.3, -0.25) is 0 Å². The molecule has 3 heteroatoms. The van der Waals surface area contributed by atoms with Crippen molar-refractivity contribution in [1.82, 2.24) is 0 Å². The van der Waals surface area contributed by atoms with Gasteiger partial charge in [0.15, 0.2) is 0 Å². The van der Waals surface area contributed by atoms with Crippen LogP contribution in [0.2, 0.25) is 0 Å². The summed E-state index contributed by atoms with van der Waals surface area (Å²) in [6.45, 7) is 2.11. The summed E-state index contributed by atoms with van der Waals surface area (Å²) in [6, 6.07) is 7.55. The summed E-state index contributed by atoms with van der Waals surface area (Å²) in [6.07, 6.45) is 2.93. The molecule has 0 amide bonds. The first-order valence-corrected chi connectivity index (χ1v) is 5.17. The van der Waals surface area contributed by atoms with Crippen LogP contribution in [-0.4, -0.2) is 18.0 Å². The van der Waals surface area contributed by atoms with Crippen LogP contribution in [0.25, 0.3) is 0 Å². The first-order valence-electron chi connectivity index (χ1n) is 5.17. The van der Waals surface area contributed by atoms with Gasteiger partial charge in [0.1, 0.15) is 5.75 Å². The number of nitrogens with zero attached hydrogens (tertiary/aromatic N) is 1. The van der Waals surface area contributed by atoms with Gasteiger partial charge in [-0.05, 0) is 42.7 Å². The van der Waals surface area contributed by atoms with Gasteiger partial charge >= 0.3 is 0 Å². The van der Waals surface area contributed by atoms with Crippen molar-refractivity contribution < 1.29 is 9.94 Å². The van der Waals surface area contributed by atoms with Crippen molar-refractivity contribution in [3.8, 4) is 5.75 Å². The Kier molecular flexibility index (Phi) is 4.68. The van der Waals surface area contributed by atoms with E-state index in [1.807, 2.05) is 24.3 Å². The number of unbranched alkanes of at least 4 members (excludes halogenated alkanes) is 1. The van der Waals surface area contributed by atoms with Gasteiger partial charge in [0.25, 0.3) is 0 Å². The molecule has 0 radical (unpaired) electrons. The Hall–Kier alpha value is -1.51. The zero-order valence-corrected chi connectivity index (χ0v) is 9.23. The normalized spacial score (nSPS) is 11.5. The number of methoxy groups -OCH3 is 1. The second kappa shape index (κ2) is 6.06. The van der Waals surface area contributed by atoms with Crippen LogP contribution in [0.1, 0.15) is 31.7 Å². The van der Waals surface area contributed by atoms with Crippen LogP contribution in [-0.2, 0) is 0 Å². The lowest BCUT2D eigenvalue weighted by atomic mass is 10.0. The summed E-state index contributed by atoms with van der Waals surface area (Å²) in [5.41, 5.74) is 1.69. The molecule has 0 saturated heterocycles. The Labute approximate surface area is 90.4 Å². The molecular formula is C12H17NO2. The van der Waals surface area contributed by atoms with Gasteiger partial charge < -0.3 is 9.94 Å². The summed E-state index contributed by atoms with van der Waals surface area (Å²) < 4.78 is 5.06. The highest BCUT2D eigenvalue weighted by Gasteiger charge is 2.03. The first-order chi connectivity index (χ1) is 7.31. The molecule has 0 atom stereocenters. The zero-order valence-electron chi connectivity index (χ0n) is 9.23. The lowest BCUT2D eigenvalue weighted by Gasteiger charge is -2.05. The van der Waals surface area contributed by atoms with E-state index in [1.54, 1.807) is 7.11 Å². The van der Waals surface area contributed by atoms with Gasteiger partial charge in [0.05, 0.1) is 12.8 Å². The number of oxime groups is 1. The fourth-order valence-electron chi connectivity index (χ4n) is 1.38. The largest absolute Gasteiger partial charge is 0.497 e. The van der Waals surface area contributed by atoms with Gasteiger partial charge in [0.2, 0.25) is 0 Å². The van der Waals surface area contributed by atoms with Gasteiger partial charge in [-0.15, -0.1) is 0 Å². The van der Waals surface area contributed by atoms with E-state index in [-0.39, 0.29) is 0 Å². The molecule has 0 bridgehead atoms. The Morgan fingerprint density at radius 3 is 2.47 bits per heavy atom. The van der Waals surface area contributed by atoms with E-state index in [4.69, 9.17) is 9.94 Å². The molecule has 82 valence electrons. The van der Waals surface area contributed by atoms with Crippen LogP contribution in [0.4, 0.5) is 0 Å². The Balaban J connectivity index is 2.75. The molecule has 0 spiro atoms. The Morgan fingerprint density at radius 2 is 2.00 bits per heavy atom. The topological polar surface area (TPSA) is 41.8 Å². The number of rotatable bonds is 5. The molecule has 3 nitrogen and oxygen atoms in total. The number of hydrogen-bond acceptors (Lipinski definition) is 3. The van der Waals surface area contributed by atoms with Gasteiger partial charge in [-0.25, -0.2) is 0 Å². The Bertz CT molecular complexity index is 317. The van der Waals surface area contributed by atoms with Crippen molar-refractivity contribution in [2.45, 2.75) is 26.2 Å². The smallest absolute Gasteiger partial charge is 0.118 e. The van der Waals surface area contributed by atoms with E-state index in [0.29, 0.717) is 0 Å². The lowest BCUT2D eigenvalue weighted by Crippen LogP contribution is -2.00. The highest BCUT2D eigenvalue weighted by atomic mass is 16.5. The average molecular weight is 207 g/mol. The standard InChI is InChI=1S/C12H17NO2/c1-3-4-5-12(13-14)10-6-8-11(15-2)9-7-10/h6-9,14H,3-5H2,1-2H3/b13-12+. The van der Waals surface area contributed by atoms with E-state index in [9.17, 15) is 0 Å². The van der Waals surface area contributed by atoms with Crippen LogP contribution < -0.4 is 4.74 Å². The second-order valence-corrected chi connectivity index (χ2v) is 3.38. The van der Waals surface area contributed by atoms with Crippen molar-refractivity contribution in [3.63, 3.8) is 0 Å². The molecule has 0 aliphatic rings. The molecule has 0 fully saturated rings. The average Bonchev–Trinajstić information content (AvgIpc) is 2.31. The van der Waals surface area contributed by atoms with Crippen LogP contribution in [0.5, 0.6) is 5.75 Å². The summed E-state index contributed by atoms with van der Waals surface area (Å²) >= 11 is 0. The SMILES string of the molecule is CCCC/C(=N\O)c1ccc(OC)cc1. The monoisotopic (exact) mass is 207 g/mol. The fraction of sp³-hybridized carbons (Fsp3) is 0.417.